The molecule has 1 aliphatic heterocycles. The average Bonchev–Trinajstić information content (AvgIpc) is 3.09. The number of imidazole rings is 1. The second-order valence-corrected chi connectivity index (χ2v) is 6.59. The van der Waals surface area contributed by atoms with Gasteiger partial charge < -0.3 is 14.2 Å². The van der Waals surface area contributed by atoms with E-state index in [2.05, 4.69) is 19.9 Å². The molecule has 3 aromatic heterocycles. The van der Waals surface area contributed by atoms with Crippen molar-refractivity contribution in [2.24, 2.45) is 7.05 Å². The molecule has 0 radical (unpaired) electrons. The van der Waals surface area contributed by atoms with Gasteiger partial charge in [0.1, 0.15) is 11.6 Å². The second kappa shape index (κ2) is 6.81. The Bertz CT molecular complexity index is 984. The fraction of sp³-hybridized carbons (Fsp3) is 0.316. The van der Waals surface area contributed by atoms with E-state index in [0.29, 0.717) is 18.0 Å². The lowest BCUT2D eigenvalue weighted by Crippen LogP contribution is -2.31. The van der Waals surface area contributed by atoms with Crippen molar-refractivity contribution in [3.05, 3.63) is 53.6 Å². The van der Waals surface area contributed by atoms with Gasteiger partial charge in [-0.15, -0.1) is 0 Å². The maximum atomic E-state index is 12.9. The number of hydrogen-bond donors (Lipinski definition) is 0. The summed E-state index contributed by atoms with van der Waals surface area (Å²) >= 11 is 0. The van der Waals surface area contributed by atoms with E-state index in [4.69, 9.17) is 4.74 Å². The third-order valence-corrected chi connectivity index (χ3v) is 4.80. The zero-order valence-electron chi connectivity index (χ0n) is 15.4. The number of aryl methyl sites for hydroxylation is 1. The van der Waals surface area contributed by atoms with E-state index in [1.165, 1.54) is 17.2 Å². The summed E-state index contributed by atoms with van der Waals surface area (Å²) in [7, 11) is 3.13. The van der Waals surface area contributed by atoms with Gasteiger partial charge in [0.25, 0.3) is 0 Å². The molecule has 0 fully saturated rings. The maximum absolute atomic E-state index is 12.9. The number of halogens is 3. The minimum atomic E-state index is -4.47. The number of rotatable bonds is 3. The molecule has 0 unspecified atom stereocenters. The summed E-state index contributed by atoms with van der Waals surface area (Å²) in [6, 6.07) is 5.52. The molecule has 0 N–H and O–H groups in total. The Hall–Kier alpha value is -3.10. The monoisotopic (exact) mass is 389 g/mol. The molecule has 4 rings (SSSR count). The van der Waals surface area contributed by atoms with Crippen LogP contribution in [0.4, 0.5) is 19.0 Å². The predicted octanol–water partition coefficient (Wildman–Crippen LogP) is 3.47. The van der Waals surface area contributed by atoms with Crippen LogP contribution in [0.2, 0.25) is 0 Å². The molecule has 0 amide bonds. The minimum Gasteiger partial charge on any atom is -0.481 e. The third-order valence-electron chi connectivity index (χ3n) is 4.80. The Morgan fingerprint density at radius 3 is 2.61 bits per heavy atom. The topological polar surface area (TPSA) is 56.1 Å². The van der Waals surface area contributed by atoms with Crippen LogP contribution < -0.4 is 9.64 Å². The quantitative estimate of drug-likeness (QED) is 0.687. The lowest BCUT2D eigenvalue weighted by Gasteiger charge is -2.30. The van der Waals surface area contributed by atoms with Crippen molar-refractivity contribution in [2.45, 2.75) is 19.1 Å². The van der Waals surface area contributed by atoms with Gasteiger partial charge in [0.05, 0.1) is 7.11 Å². The van der Waals surface area contributed by atoms with E-state index in [0.717, 1.165) is 30.5 Å². The molecular formula is C19H18F3N5O. The van der Waals surface area contributed by atoms with Gasteiger partial charge >= 0.3 is 6.18 Å². The van der Waals surface area contributed by atoms with Crippen molar-refractivity contribution in [3.8, 4) is 17.3 Å². The Kier molecular flexibility index (Phi) is 4.44. The highest BCUT2D eigenvalue weighted by Crippen LogP contribution is 2.32. The van der Waals surface area contributed by atoms with Crippen LogP contribution in [-0.2, 0) is 26.2 Å². The van der Waals surface area contributed by atoms with Crippen LogP contribution in [0.1, 0.15) is 16.8 Å². The van der Waals surface area contributed by atoms with E-state index in [1.54, 1.807) is 31.6 Å². The summed E-state index contributed by atoms with van der Waals surface area (Å²) in [5.74, 6) is 1.57. The molecule has 0 aromatic carbocycles. The Balaban J connectivity index is 1.59. The van der Waals surface area contributed by atoms with Crippen molar-refractivity contribution >= 4 is 5.82 Å². The Morgan fingerprint density at radius 1 is 1.14 bits per heavy atom. The highest BCUT2D eigenvalue weighted by molar-refractivity contribution is 5.58. The van der Waals surface area contributed by atoms with Crippen LogP contribution in [0.5, 0.6) is 5.88 Å². The van der Waals surface area contributed by atoms with Gasteiger partial charge in [-0.2, -0.15) is 13.2 Å². The van der Waals surface area contributed by atoms with Crippen LogP contribution >= 0.6 is 0 Å². The second-order valence-electron chi connectivity index (χ2n) is 6.59. The first-order valence-corrected chi connectivity index (χ1v) is 8.69. The molecule has 0 bridgehead atoms. The molecule has 3 aromatic rings. The molecule has 0 atom stereocenters. The lowest BCUT2D eigenvalue weighted by molar-refractivity contribution is -0.140. The van der Waals surface area contributed by atoms with Gasteiger partial charge in [0, 0.05) is 49.9 Å². The number of alkyl halides is 3. The SMILES string of the molecule is COc1nccc2c1CN(c1ccc(-c3nc(C(F)(F)F)cn3C)cn1)CC2. The standard InChI is InChI=1S/C19H18F3N5O/c1-26-11-15(19(20,21)22)25-17(26)13-3-4-16(24-9-13)27-8-6-12-5-7-23-18(28-2)14(12)10-27/h3-5,7,9,11H,6,8,10H2,1-2H3. The van der Waals surface area contributed by atoms with Crippen LogP contribution in [-0.4, -0.2) is 33.2 Å². The molecule has 4 heterocycles. The lowest BCUT2D eigenvalue weighted by atomic mass is 10.0. The first kappa shape index (κ1) is 18.3. The zero-order valence-corrected chi connectivity index (χ0v) is 15.4. The maximum Gasteiger partial charge on any atom is 0.434 e. The van der Waals surface area contributed by atoms with Gasteiger partial charge in [0.15, 0.2) is 5.69 Å². The zero-order chi connectivity index (χ0) is 19.9. The fourth-order valence-electron chi connectivity index (χ4n) is 3.39. The van der Waals surface area contributed by atoms with Crippen LogP contribution in [0.25, 0.3) is 11.4 Å². The minimum absolute atomic E-state index is 0.223. The van der Waals surface area contributed by atoms with Gasteiger partial charge in [-0.1, -0.05) is 0 Å². The molecule has 0 saturated heterocycles. The number of aromatic nitrogens is 4. The highest BCUT2D eigenvalue weighted by atomic mass is 19.4. The highest BCUT2D eigenvalue weighted by Gasteiger charge is 2.34. The van der Waals surface area contributed by atoms with Crippen LogP contribution in [0, 0.1) is 0 Å². The number of hydrogen-bond acceptors (Lipinski definition) is 5. The first-order chi connectivity index (χ1) is 13.4. The number of methoxy groups -OCH3 is 1. The van der Waals surface area contributed by atoms with Crippen molar-refractivity contribution in [1.29, 1.82) is 0 Å². The molecular weight excluding hydrogens is 371 g/mol. The summed E-state index contributed by atoms with van der Waals surface area (Å²) in [4.78, 5) is 14.5. The molecule has 146 valence electrons. The molecule has 28 heavy (non-hydrogen) atoms. The number of anilines is 1. The summed E-state index contributed by atoms with van der Waals surface area (Å²) in [6.45, 7) is 1.40. The van der Waals surface area contributed by atoms with E-state index in [1.807, 2.05) is 6.07 Å². The molecule has 0 spiro atoms. The summed E-state index contributed by atoms with van der Waals surface area (Å²) < 4.78 is 45.3. The van der Waals surface area contributed by atoms with Crippen LogP contribution in [0.3, 0.4) is 0 Å². The number of pyridine rings is 2. The Morgan fingerprint density at radius 2 is 1.96 bits per heavy atom. The first-order valence-electron chi connectivity index (χ1n) is 8.69. The molecule has 1 aliphatic rings. The third kappa shape index (κ3) is 3.28. The van der Waals surface area contributed by atoms with E-state index >= 15 is 0 Å². The molecule has 0 aliphatic carbocycles. The number of ether oxygens (including phenoxy) is 1. The summed E-state index contributed by atoms with van der Waals surface area (Å²) in [5, 5.41) is 0. The van der Waals surface area contributed by atoms with E-state index in [-0.39, 0.29) is 5.82 Å². The molecule has 0 saturated carbocycles. The number of fused-ring (bicyclic) bond motifs is 1. The van der Waals surface area contributed by atoms with Crippen molar-refractivity contribution in [3.63, 3.8) is 0 Å². The van der Waals surface area contributed by atoms with Gasteiger partial charge in [-0.05, 0) is 30.2 Å². The summed E-state index contributed by atoms with van der Waals surface area (Å²) in [5.41, 5.74) is 1.84. The normalized spacial score (nSPS) is 14.1. The fourth-order valence-corrected chi connectivity index (χ4v) is 3.39. The average molecular weight is 389 g/mol. The predicted molar refractivity (Wildman–Crippen MR) is 97.0 cm³/mol. The van der Waals surface area contributed by atoms with Gasteiger partial charge in [-0.3, -0.25) is 0 Å². The Labute approximate surface area is 159 Å². The smallest absolute Gasteiger partial charge is 0.434 e. The van der Waals surface area contributed by atoms with E-state index in [9.17, 15) is 13.2 Å². The van der Waals surface area contributed by atoms with Crippen LogP contribution in [0.15, 0.2) is 36.8 Å². The van der Waals surface area contributed by atoms with E-state index < -0.39 is 11.9 Å². The van der Waals surface area contributed by atoms with Crippen molar-refractivity contribution in [1.82, 2.24) is 19.5 Å². The van der Waals surface area contributed by atoms with Crippen molar-refractivity contribution < 1.29 is 17.9 Å². The molecule has 6 nitrogen and oxygen atoms in total. The van der Waals surface area contributed by atoms with Crippen molar-refractivity contribution in [2.75, 3.05) is 18.6 Å². The van der Waals surface area contributed by atoms with Gasteiger partial charge in [0.2, 0.25) is 5.88 Å². The van der Waals surface area contributed by atoms with Gasteiger partial charge in [-0.25, -0.2) is 15.0 Å². The number of nitrogens with zero attached hydrogens (tertiary/aromatic N) is 5. The largest absolute Gasteiger partial charge is 0.481 e. The summed E-state index contributed by atoms with van der Waals surface area (Å²) in [6.07, 6.45) is 0.629. The molecule has 9 heteroatoms.